The summed E-state index contributed by atoms with van der Waals surface area (Å²) in [7, 11) is -3.60. The van der Waals surface area contributed by atoms with Crippen molar-refractivity contribution in [3.8, 4) is 0 Å². The number of nitrogens with zero attached hydrogens (tertiary/aromatic N) is 1. The Kier molecular flexibility index (Phi) is 8.16. The zero-order chi connectivity index (χ0) is 21.6. The molecule has 0 bridgehead atoms. The molecule has 0 heterocycles. The van der Waals surface area contributed by atoms with E-state index in [1.165, 1.54) is 15.4 Å². The Bertz CT molecular complexity index is 958. The highest BCUT2D eigenvalue weighted by Gasteiger charge is 2.29. The van der Waals surface area contributed by atoms with Crippen LogP contribution in [0.3, 0.4) is 0 Å². The molecule has 0 radical (unpaired) electrons. The molecule has 0 aliphatic carbocycles. The fourth-order valence-corrected chi connectivity index (χ4v) is 5.12. The number of hydrogen-bond donors (Lipinski definition) is 1. The molecule has 2 aromatic carbocycles. The number of thioether (sulfide) groups is 1. The number of benzene rings is 2. The van der Waals surface area contributed by atoms with Gasteiger partial charge in [0.25, 0.3) is 0 Å². The van der Waals surface area contributed by atoms with Gasteiger partial charge in [0.1, 0.15) is 6.04 Å². The first kappa shape index (κ1) is 23.3. The van der Waals surface area contributed by atoms with Gasteiger partial charge < -0.3 is 5.32 Å². The van der Waals surface area contributed by atoms with E-state index in [9.17, 15) is 13.2 Å². The van der Waals surface area contributed by atoms with Gasteiger partial charge in [-0.3, -0.25) is 9.10 Å². The van der Waals surface area contributed by atoms with E-state index in [4.69, 9.17) is 0 Å². The molecule has 0 aliphatic heterocycles. The first-order valence-electron chi connectivity index (χ1n) is 9.58. The van der Waals surface area contributed by atoms with Crippen LogP contribution in [0.4, 0.5) is 5.69 Å². The lowest BCUT2D eigenvalue weighted by Crippen LogP contribution is -2.48. The molecular weight excluding hydrogens is 404 g/mol. The minimum absolute atomic E-state index is 0.301. The van der Waals surface area contributed by atoms with E-state index < -0.39 is 16.1 Å². The molecule has 158 valence electrons. The van der Waals surface area contributed by atoms with Crippen LogP contribution in [0.15, 0.2) is 42.5 Å². The number of nitrogens with one attached hydrogen (secondary N) is 1. The Morgan fingerprint density at radius 1 is 1.07 bits per heavy atom. The third kappa shape index (κ3) is 6.51. The Balaban J connectivity index is 1.95. The predicted molar refractivity (Wildman–Crippen MR) is 123 cm³/mol. The van der Waals surface area contributed by atoms with Crippen LogP contribution in [0.2, 0.25) is 0 Å². The fraction of sp³-hybridized carbons (Fsp3) is 0.409. The maximum absolute atomic E-state index is 12.6. The van der Waals surface area contributed by atoms with Gasteiger partial charge in [-0.1, -0.05) is 30.3 Å². The molecule has 29 heavy (non-hydrogen) atoms. The van der Waals surface area contributed by atoms with Gasteiger partial charge in [0, 0.05) is 18.1 Å². The Morgan fingerprint density at radius 3 is 2.38 bits per heavy atom. The van der Waals surface area contributed by atoms with Crippen LogP contribution in [0.5, 0.6) is 0 Å². The Morgan fingerprint density at radius 2 is 1.76 bits per heavy atom. The maximum Gasteiger partial charge on any atom is 0.243 e. The predicted octanol–water partition coefficient (Wildman–Crippen LogP) is 3.82. The van der Waals surface area contributed by atoms with Crippen molar-refractivity contribution < 1.29 is 13.2 Å². The van der Waals surface area contributed by atoms with Crippen LogP contribution >= 0.6 is 11.8 Å². The average molecular weight is 435 g/mol. The number of hydrogen-bond acceptors (Lipinski definition) is 4. The van der Waals surface area contributed by atoms with E-state index in [-0.39, 0.29) is 5.91 Å². The van der Waals surface area contributed by atoms with Gasteiger partial charge in [-0.25, -0.2) is 8.42 Å². The van der Waals surface area contributed by atoms with E-state index in [1.54, 1.807) is 30.8 Å². The summed E-state index contributed by atoms with van der Waals surface area (Å²) in [5.41, 5.74) is 5.11. The quantitative estimate of drug-likeness (QED) is 0.610. The largest absolute Gasteiger partial charge is 0.353 e. The van der Waals surface area contributed by atoms with E-state index in [0.29, 0.717) is 12.2 Å². The molecule has 0 saturated carbocycles. The molecule has 1 atom stereocenters. The SMILES string of the molecule is Cc1ccc(N([C@H](C)C(=O)NCCSCc2ccccc2C)S(C)(=O)=O)cc1C. The van der Waals surface area contributed by atoms with Crippen LogP contribution in [-0.2, 0) is 20.6 Å². The number of anilines is 1. The molecule has 0 aliphatic rings. The van der Waals surface area contributed by atoms with E-state index in [2.05, 4.69) is 24.4 Å². The van der Waals surface area contributed by atoms with Crippen LogP contribution < -0.4 is 9.62 Å². The van der Waals surface area contributed by atoms with Crippen molar-refractivity contribution in [2.24, 2.45) is 0 Å². The minimum Gasteiger partial charge on any atom is -0.353 e. The summed E-state index contributed by atoms with van der Waals surface area (Å²) in [6, 6.07) is 12.8. The van der Waals surface area contributed by atoms with Crippen molar-refractivity contribution in [2.75, 3.05) is 22.9 Å². The van der Waals surface area contributed by atoms with E-state index in [0.717, 1.165) is 28.9 Å². The normalized spacial score (nSPS) is 12.4. The molecule has 0 saturated heterocycles. The van der Waals surface area contributed by atoms with Gasteiger partial charge in [0.2, 0.25) is 15.9 Å². The third-order valence-electron chi connectivity index (χ3n) is 4.90. The van der Waals surface area contributed by atoms with Crippen molar-refractivity contribution in [2.45, 2.75) is 39.5 Å². The summed E-state index contributed by atoms with van der Waals surface area (Å²) in [5.74, 6) is 1.34. The van der Waals surface area contributed by atoms with Crippen molar-refractivity contribution >= 4 is 33.4 Å². The first-order valence-corrected chi connectivity index (χ1v) is 12.6. The molecule has 2 rings (SSSR count). The standard InChI is InChI=1S/C22H30N2O3S2/c1-16-10-11-21(14-18(16)3)24(29(5,26)27)19(4)22(25)23-12-13-28-15-20-9-7-6-8-17(20)2/h6-11,14,19H,12-13,15H2,1-5H3,(H,23,25)/t19-/m1/s1. The highest BCUT2D eigenvalue weighted by molar-refractivity contribution is 7.98. The summed E-state index contributed by atoms with van der Waals surface area (Å²) in [4.78, 5) is 12.6. The lowest BCUT2D eigenvalue weighted by atomic mass is 10.1. The molecule has 1 amide bonds. The third-order valence-corrected chi connectivity index (χ3v) is 7.15. The summed E-state index contributed by atoms with van der Waals surface area (Å²) < 4.78 is 26.0. The summed E-state index contributed by atoms with van der Waals surface area (Å²) in [5, 5.41) is 2.87. The number of rotatable bonds is 9. The van der Waals surface area contributed by atoms with Gasteiger partial charge in [-0.05, 0) is 62.1 Å². The van der Waals surface area contributed by atoms with Gasteiger partial charge in [-0.15, -0.1) is 0 Å². The number of carbonyl (C=O) groups excluding carboxylic acids is 1. The van der Waals surface area contributed by atoms with Crippen molar-refractivity contribution in [1.29, 1.82) is 0 Å². The van der Waals surface area contributed by atoms with E-state index in [1.807, 2.05) is 32.0 Å². The zero-order valence-corrected chi connectivity index (χ0v) is 19.4. The second kappa shape index (κ2) is 10.2. The van der Waals surface area contributed by atoms with E-state index >= 15 is 0 Å². The molecule has 1 N–H and O–H groups in total. The average Bonchev–Trinajstić information content (AvgIpc) is 2.64. The van der Waals surface area contributed by atoms with Gasteiger partial charge in [0.15, 0.2) is 0 Å². The maximum atomic E-state index is 12.6. The molecule has 0 aromatic heterocycles. The van der Waals surface area contributed by atoms with Crippen molar-refractivity contribution in [3.05, 3.63) is 64.7 Å². The summed E-state index contributed by atoms with van der Waals surface area (Å²) >= 11 is 1.74. The monoisotopic (exact) mass is 434 g/mol. The highest BCUT2D eigenvalue weighted by Crippen LogP contribution is 2.23. The molecule has 0 spiro atoms. The van der Waals surface area contributed by atoms with Crippen molar-refractivity contribution in [1.82, 2.24) is 5.32 Å². The minimum atomic E-state index is -3.60. The highest BCUT2D eigenvalue weighted by atomic mass is 32.2. The number of sulfonamides is 1. The number of amides is 1. The Labute approximate surface area is 178 Å². The number of carbonyl (C=O) groups is 1. The second-order valence-corrected chi connectivity index (χ2v) is 10.2. The Hall–Kier alpha value is -1.99. The zero-order valence-electron chi connectivity index (χ0n) is 17.7. The first-order chi connectivity index (χ1) is 13.6. The second-order valence-electron chi connectivity index (χ2n) is 7.27. The van der Waals surface area contributed by atoms with Crippen molar-refractivity contribution in [3.63, 3.8) is 0 Å². The lowest BCUT2D eigenvalue weighted by molar-refractivity contribution is -0.121. The van der Waals surface area contributed by atoms with Crippen LogP contribution in [0, 0.1) is 20.8 Å². The van der Waals surface area contributed by atoms with Crippen LogP contribution in [0.25, 0.3) is 0 Å². The fourth-order valence-electron chi connectivity index (χ4n) is 3.02. The smallest absolute Gasteiger partial charge is 0.243 e. The molecule has 5 nitrogen and oxygen atoms in total. The molecule has 0 fully saturated rings. The molecule has 2 aromatic rings. The number of aryl methyl sites for hydroxylation is 3. The van der Waals surface area contributed by atoms with Gasteiger partial charge >= 0.3 is 0 Å². The van der Waals surface area contributed by atoms with Gasteiger partial charge in [-0.2, -0.15) is 11.8 Å². The van der Waals surface area contributed by atoms with Gasteiger partial charge in [0.05, 0.1) is 11.9 Å². The molecule has 0 unspecified atom stereocenters. The molecular formula is C22H30N2O3S2. The van der Waals surface area contributed by atoms with Crippen LogP contribution in [-0.4, -0.2) is 38.9 Å². The topological polar surface area (TPSA) is 66.5 Å². The van der Waals surface area contributed by atoms with Crippen LogP contribution in [0.1, 0.15) is 29.2 Å². The molecule has 7 heteroatoms. The summed E-state index contributed by atoms with van der Waals surface area (Å²) in [6.07, 6.45) is 1.13. The lowest BCUT2D eigenvalue weighted by Gasteiger charge is -2.28. The summed E-state index contributed by atoms with van der Waals surface area (Å²) in [6.45, 7) is 8.09.